The summed E-state index contributed by atoms with van der Waals surface area (Å²) in [5.74, 6) is 0. The van der Waals surface area contributed by atoms with E-state index in [1.54, 1.807) is 6.92 Å². The number of rotatable bonds is 2. The van der Waals surface area contributed by atoms with E-state index in [4.69, 9.17) is 0 Å². The highest BCUT2D eigenvalue weighted by Crippen LogP contribution is 2.38. The van der Waals surface area contributed by atoms with Gasteiger partial charge in [0.2, 0.25) is 0 Å². The Hall–Kier alpha value is -1.85. The fraction of sp³-hybridized carbons (Fsp3) is 0.200. The lowest BCUT2D eigenvalue weighted by Gasteiger charge is -2.10. The smallest absolute Gasteiger partial charge is 0.258 e. The molecule has 0 spiro atoms. The predicted octanol–water partition coefficient (Wildman–Crippen LogP) is 3.65. The van der Waals surface area contributed by atoms with Gasteiger partial charge in [-0.2, -0.15) is 13.2 Å². The third kappa shape index (κ3) is 2.39. The SMILES string of the molecule is C/C=C/c1cccc([N+](=O)[O-])c1C(F)(F)F. The summed E-state index contributed by atoms with van der Waals surface area (Å²) in [5, 5.41) is 10.5. The molecule has 0 aliphatic heterocycles. The van der Waals surface area contributed by atoms with Crippen LogP contribution in [0.15, 0.2) is 24.3 Å². The van der Waals surface area contributed by atoms with Crippen LogP contribution in [0, 0.1) is 10.1 Å². The van der Waals surface area contributed by atoms with Crippen LogP contribution in [0.5, 0.6) is 0 Å². The first-order chi connectivity index (χ1) is 7.38. The molecule has 0 heterocycles. The van der Waals surface area contributed by atoms with Gasteiger partial charge in [-0.1, -0.05) is 24.3 Å². The first-order valence-electron chi connectivity index (χ1n) is 4.35. The zero-order valence-corrected chi connectivity index (χ0v) is 8.28. The zero-order chi connectivity index (χ0) is 12.3. The Labute approximate surface area is 89.4 Å². The summed E-state index contributed by atoms with van der Waals surface area (Å²) in [4.78, 5) is 9.47. The average molecular weight is 231 g/mol. The summed E-state index contributed by atoms with van der Waals surface area (Å²) in [6.07, 6.45) is -2.15. The highest BCUT2D eigenvalue weighted by molar-refractivity contribution is 5.61. The standard InChI is InChI=1S/C10H8F3NO2/c1-2-4-7-5-3-6-8(14(15)16)9(7)10(11,12)13/h2-6H,1H3/b4-2+. The van der Waals surface area contributed by atoms with Crippen molar-refractivity contribution in [2.24, 2.45) is 0 Å². The zero-order valence-electron chi connectivity index (χ0n) is 8.28. The maximum atomic E-state index is 12.7. The maximum absolute atomic E-state index is 12.7. The molecule has 0 fully saturated rings. The van der Waals surface area contributed by atoms with E-state index in [1.165, 1.54) is 24.3 Å². The number of hydrogen-bond acceptors (Lipinski definition) is 2. The molecule has 0 aliphatic rings. The molecule has 0 saturated carbocycles. The lowest BCUT2D eigenvalue weighted by molar-refractivity contribution is -0.388. The third-order valence-electron chi connectivity index (χ3n) is 1.90. The number of nitro benzene ring substituents is 1. The Kier molecular flexibility index (Phi) is 3.31. The van der Waals surface area contributed by atoms with Crippen molar-refractivity contribution < 1.29 is 18.1 Å². The minimum atomic E-state index is -4.74. The normalized spacial score (nSPS) is 12.0. The molecule has 1 aromatic carbocycles. The van der Waals surface area contributed by atoms with Gasteiger partial charge in [0.25, 0.3) is 5.69 Å². The van der Waals surface area contributed by atoms with Crippen LogP contribution in [0.1, 0.15) is 18.1 Å². The van der Waals surface area contributed by atoms with Crippen LogP contribution in [0.25, 0.3) is 6.08 Å². The van der Waals surface area contributed by atoms with Gasteiger partial charge in [0.15, 0.2) is 0 Å². The van der Waals surface area contributed by atoms with Crippen LogP contribution in [0.2, 0.25) is 0 Å². The highest BCUT2D eigenvalue weighted by Gasteiger charge is 2.40. The van der Waals surface area contributed by atoms with Crippen molar-refractivity contribution in [2.75, 3.05) is 0 Å². The molecule has 1 rings (SSSR count). The minimum absolute atomic E-state index is 0.204. The monoisotopic (exact) mass is 231 g/mol. The van der Waals surface area contributed by atoms with E-state index in [0.29, 0.717) is 0 Å². The average Bonchev–Trinajstić information content (AvgIpc) is 2.16. The number of nitrogens with zero attached hydrogens (tertiary/aromatic N) is 1. The van der Waals surface area contributed by atoms with Crippen LogP contribution in [-0.2, 0) is 6.18 Å². The third-order valence-corrected chi connectivity index (χ3v) is 1.90. The number of hydrogen-bond donors (Lipinski definition) is 0. The molecule has 0 aliphatic carbocycles. The highest BCUT2D eigenvalue weighted by atomic mass is 19.4. The molecule has 0 atom stereocenters. The lowest BCUT2D eigenvalue weighted by atomic mass is 10.0. The number of allylic oxidation sites excluding steroid dienone is 1. The number of benzene rings is 1. The molecule has 0 amide bonds. The van der Waals surface area contributed by atoms with E-state index in [-0.39, 0.29) is 5.56 Å². The van der Waals surface area contributed by atoms with Gasteiger partial charge in [0.05, 0.1) is 4.92 Å². The van der Waals surface area contributed by atoms with Gasteiger partial charge in [-0.3, -0.25) is 10.1 Å². The van der Waals surface area contributed by atoms with E-state index >= 15 is 0 Å². The molecule has 0 unspecified atom stereocenters. The molecule has 0 bridgehead atoms. The van der Waals surface area contributed by atoms with Crippen molar-refractivity contribution in [3.8, 4) is 0 Å². The molecule has 1 aromatic rings. The fourth-order valence-electron chi connectivity index (χ4n) is 1.34. The molecule has 0 aromatic heterocycles. The van der Waals surface area contributed by atoms with E-state index in [9.17, 15) is 23.3 Å². The Bertz CT molecular complexity index is 438. The molecule has 6 heteroatoms. The molecule has 16 heavy (non-hydrogen) atoms. The quantitative estimate of drug-likeness (QED) is 0.576. The summed E-state index contributed by atoms with van der Waals surface area (Å²) in [5.41, 5.74) is -2.34. The van der Waals surface area contributed by atoms with Crippen LogP contribution in [0.3, 0.4) is 0 Å². The van der Waals surface area contributed by atoms with Crippen molar-refractivity contribution in [1.29, 1.82) is 0 Å². The number of halogens is 3. The first-order valence-corrected chi connectivity index (χ1v) is 4.35. The molecule has 3 nitrogen and oxygen atoms in total. The number of nitro groups is 1. The second-order valence-corrected chi connectivity index (χ2v) is 3.00. The molecular weight excluding hydrogens is 223 g/mol. The minimum Gasteiger partial charge on any atom is -0.258 e. The fourth-order valence-corrected chi connectivity index (χ4v) is 1.34. The van der Waals surface area contributed by atoms with Crippen LogP contribution < -0.4 is 0 Å². The van der Waals surface area contributed by atoms with Gasteiger partial charge < -0.3 is 0 Å². The van der Waals surface area contributed by atoms with E-state index in [1.807, 2.05) is 0 Å². The summed E-state index contributed by atoms with van der Waals surface area (Å²) in [6.45, 7) is 1.54. The van der Waals surface area contributed by atoms with Crippen molar-refractivity contribution in [1.82, 2.24) is 0 Å². The molecule has 0 saturated heterocycles. The largest absolute Gasteiger partial charge is 0.423 e. The van der Waals surface area contributed by atoms with Gasteiger partial charge in [0, 0.05) is 6.07 Å². The molecular formula is C10H8F3NO2. The van der Waals surface area contributed by atoms with Crippen LogP contribution in [-0.4, -0.2) is 4.92 Å². The lowest BCUT2D eigenvalue weighted by Crippen LogP contribution is -2.11. The van der Waals surface area contributed by atoms with Crippen molar-refractivity contribution in [3.63, 3.8) is 0 Å². The van der Waals surface area contributed by atoms with Gasteiger partial charge in [-0.15, -0.1) is 0 Å². The Morgan fingerprint density at radius 1 is 1.38 bits per heavy atom. The van der Waals surface area contributed by atoms with Crippen LogP contribution >= 0.6 is 0 Å². The van der Waals surface area contributed by atoms with E-state index in [2.05, 4.69) is 0 Å². The van der Waals surface area contributed by atoms with Crippen molar-refractivity contribution in [2.45, 2.75) is 13.1 Å². The summed E-state index contributed by atoms with van der Waals surface area (Å²) in [6, 6.07) is 3.26. The Balaban J connectivity index is 3.53. The van der Waals surface area contributed by atoms with Crippen molar-refractivity contribution in [3.05, 3.63) is 45.5 Å². The molecule has 86 valence electrons. The molecule has 0 radical (unpaired) electrons. The number of alkyl halides is 3. The first kappa shape index (κ1) is 12.2. The summed E-state index contributed by atoms with van der Waals surface area (Å²) < 4.78 is 38.0. The van der Waals surface area contributed by atoms with Gasteiger partial charge in [-0.05, 0) is 12.5 Å². The Morgan fingerprint density at radius 2 is 2.00 bits per heavy atom. The predicted molar refractivity (Wildman–Crippen MR) is 52.8 cm³/mol. The second-order valence-electron chi connectivity index (χ2n) is 3.00. The Morgan fingerprint density at radius 3 is 2.44 bits per heavy atom. The van der Waals surface area contributed by atoms with Gasteiger partial charge >= 0.3 is 6.18 Å². The summed E-state index contributed by atoms with van der Waals surface area (Å²) in [7, 11) is 0. The van der Waals surface area contributed by atoms with Crippen LogP contribution in [0.4, 0.5) is 18.9 Å². The van der Waals surface area contributed by atoms with E-state index < -0.39 is 22.4 Å². The van der Waals surface area contributed by atoms with Gasteiger partial charge in [0.1, 0.15) is 5.56 Å². The van der Waals surface area contributed by atoms with Gasteiger partial charge in [-0.25, -0.2) is 0 Å². The maximum Gasteiger partial charge on any atom is 0.423 e. The topological polar surface area (TPSA) is 43.1 Å². The van der Waals surface area contributed by atoms with E-state index in [0.717, 1.165) is 6.07 Å². The van der Waals surface area contributed by atoms with Crippen molar-refractivity contribution >= 4 is 11.8 Å². The second kappa shape index (κ2) is 4.34. The summed E-state index contributed by atoms with van der Waals surface area (Å²) >= 11 is 0. The molecule has 0 N–H and O–H groups in total.